The first-order valence-corrected chi connectivity index (χ1v) is 20.3. The van der Waals surface area contributed by atoms with Crippen molar-refractivity contribution >= 4 is 62.2 Å². The summed E-state index contributed by atoms with van der Waals surface area (Å²) in [6, 6.07) is 0. The SMILES string of the molecule is C1CO1.COS(=O)(=O)CCN.COS(=O)(=O)CCN.COS(=O)(=O)CCN.COS(=O)(=O)CCO.COS(=O)(=O)CCO.N.O.O=S=O. The van der Waals surface area contributed by atoms with Crippen LogP contribution in [0.1, 0.15) is 0 Å². The van der Waals surface area contributed by atoms with Gasteiger partial charge in [0.25, 0.3) is 50.6 Å². The maximum absolute atomic E-state index is 10.3. The molecule has 1 aliphatic rings. The van der Waals surface area contributed by atoms with Gasteiger partial charge in [0.05, 0.1) is 90.7 Å². The third-order valence-corrected chi connectivity index (χ3v) is 9.37. The van der Waals surface area contributed by atoms with Crippen LogP contribution in [0.5, 0.6) is 0 Å². The molecule has 0 atom stereocenters. The number of ether oxygens (including phenoxy) is 1. The van der Waals surface area contributed by atoms with Crippen molar-refractivity contribution in [3.8, 4) is 0 Å². The maximum atomic E-state index is 10.3. The Morgan fingerprint density at radius 1 is 0.521 bits per heavy atom. The van der Waals surface area contributed by atoms with Crippen molar-refractivity contribution in [3.63, 3.8) is 0 Å². The average molecular weight is 841 g/mol. The quantitative estimate of drug-likeness (QED) is 0.0659. The van der Waals surface area contributed by atoms with Crippen molar-refractivity contribution in [3.05, 3.63) is 0 Å². The van der Waals surface area contributed by atoms with Crippen LogP contribution in [0.3, 0.4) is 0 Å². The Kier molecular flexibility index (Phi) is 55.2. The fourth-order valence-corrected chi connectivity index (χ4v) is 3.22. The zero-order chi connectivity index (χ0) is 37.9. The molecule has 302 valence electrons. The van der Waals surface area contributed by atoms with Gasteiger partial charge >= 0.3 is 11.6 Å². The van der Waals surface area contributed by atoms with E-state index in [4.69, 9.17) is 35.8 Å². The summed E-state index contributed by atoms with van der Waals surface area (Å²) in [6.45, 7) is 1.54. The maximum Gasteiger partial charge on any atom is 0.335 e. The molecule has 0 spiro atoms. The first-order valence-electron chi connectivity index (χ1n) is 11.8. The molecule has 1 saturated heterocycles. The molecule has 0 unspecified atom stereocenters. The minimum absolute atomic E-state index is 0. The smallest absolute Gasteiger partial charge is 0.335 e. The molecule has 0 saturated carbocycles. The standard InChI is InChI=1S/3C3H9NO3S.2C3H8O4S.C2H4O.H3N.O2S.H2O/c5*1-7-8(5,6)3-2-4;1-2-3-1;;1-3-2;/h3*2-4H2,1H3;2*4H,2-3H2,1H3;1-2H2;1H3;;1H2. The van der Waals surface area contributed by atoms with E-state index in [0.29, 0.717) is 0 Å². The third kappa shape index (κ3) is 71.2. The Balaban J connectivity index is -0.0000000657. The fourth-order valence-electron chi connectivity index (χ4n) is 1.07. The van der Waals surface area contributed by atoms with E-state index in [1.807, 2.05) is 0 Å². The van der Waals surface area contributed by atoms with Crippen LogP contribution in [0.15, 0.2) is 0 Å². The van der Waals surface area contributed by atoms with Crippen LogP contribution in [0, 0.1) is 0 Å². The van der Waals surface area contributed by atoms with Gasteiger partial charge in [0.1, 0.15) is 0 Å². The van der Waals surface area contributed by atoms with Crippen LogP contribution in [-0.2, 0) is 87.8 Å². The van der Waals surface area contributed by atoms with Gasteiger partial charge in [0.2, 0.25) is 0 Å². The van der Waals surface area contributed by atoms with E-state index in [2.05, 4.69) is 25.7 Å². The van der Waals surface area contributed by atoms with Gasteiger partial charge in [0, 0.05) is 19.6 Å². The van der Waals surface area contributed by atoms with Gasteiger partial charge in [-0.3, -0.25) is 20.9 Å². The predicted octanol–water partition coefficient (Wildman–Crippen LogP) is -6.64. The molecule has 1 rings (SSSR count). The monoisotopic (exact) mass is 840 g/mol. The molecule has 25 nitrogen and oxygen atoms in total. The summed E-state index contributed by atoms with van der Waals surface area (Å²) >= 11 is -0.750. The number of rotatable bonds is 15. The average Bonchev–Trinajstić information content (AvgIpc) is 3.85. The van der Waals surface area contributed by atoms with Gasteiger partial charge in [-0.1, -0.05) is 0 Å². The second-order valence-electron chi connectivity index (χ2n) is 6.64. The van der Waals surface area contributed by atoms with E-state index >= 15 is 0 Å². The lowest BCUT2D eigenvalue weighted by atomic mass is 10.8. The predicted molar refractivity (Wildman–Crippen MR) is 174 cm³/mol. The Morgan fingerprint density at radius 3 is 0.708 bits per heavy atom. The van der Waals surface area contributed by atoms with Crippen LogP contribution in [-0.4, -0.2) is 177 Å². The van der Waals surface area contributed by atoms with Gasteiger partial charge in [-0.15, -0.1) is 0 Å². The molecule has 13 N–H and O–H groups in total. The third-order valence-electron chi connectivity index (χ3n) is 3.26. The molecule has 31 heteroatoms. The highest BCUT2D eigenvalue weighted by atomic mass is 32.2. The summed E-state index contributed by atoms with van der Waals surface area (Å²) in [7, 11) is -11.3. The molecular formula is C17H52N4O21S6. The van der Waals surface area contributed by atoms with Gasteiger partial charge in [-0.2, -0.15) is 50.5 Å². The molecule has 0 aromatic heterocycles. The minimum atomic E-state index is -3.42. The molecule has 0 amide bonds. The van der Waals surface area contributed by atoms with Crippen molar-refractivity contribution < 1.29 is 91.8 Å². The first kappa shape index (κ1) is 65.4. The molecule has 1 heterocycles. The number of nitrogens with two attached hydrogens (primary N) is 3. The number of epoxide rings is 1. The van der Waals surface area contributed by atoms with Crippen molar-refractivity contribution in [2.24, 2.45) is 17.2 Å². The number of hydrogen-bond donors (Lipinski definition) is 6. The Hall–Kier alpha value is -0.950. The van der Waals surface area contributed by atoms with E-state index in [-0.39, 0.29) is 60.0 Å². The van der Waals surface area contributed by atoms with E-state index in [1.165, 1.54) is 0 Å². The molecule has 1 fully saturated rings. The molecule has 1 aliphatic heterocycles. The summed E-state index contributed by atoms with van der Waals surface area (Å²) in [5.41, 5.74) is 14.8. The lowest BCUT2D eigenvalue weighted by Gasteiger charge is -1.94. The first-order chi connectivity index (χ1) is 21.0. The summed E-state index contributed by atoms with van der Waals surface area (Å²) < 4.78 is 144. The van der Waals surface area contributed by atoms with Crippen LogP contribution < -0.4 is 23.4 Å². The Labute approximate surface area is 286 Å². The van der Waals surface area contributed by atoms with Gasteiger partial charge in [-0.05, 0) is 0 Å². The van der Waals surface area contributed by atoms with Crippen molar-refractivity contribution in [2.75, 3.05) is 110 Å². The largest absolute Gasteiger partial charge is 0.412 e. The van der Waals surface area contributed by atoms with Crippen LogP contribution in [0.2, 0.25) is 0 Å². The lowest BCUT2D eigenvalue weighted by molar-refractivity contribution is 0.309. The molecule has 0 bridgehead atoms. The molecule has 0 aromatic carbocycles. The van der Waals surface area contributed by atoms with Crippen molar-refractivity contribution in [1.29, 1.82) is 0 Å². The Morgan fingerprint density at radius 2 is 0.667 bits per heavy atom. The van der Waals surface area contributed by atoms with Gasteiger partial charge in [0.15, 0.2) is 0 Å². The number of aliphatic hydroxyl groups excluding tert-OH is 2. The minimum Gasteiger partial charge on any atom is -0.412 e. The summed E-state index contributed by atoms with van der Waals surface area (Å²) in [4.78, 5) is 0. The summed E-state index contributed by atoms with van der Waals surface area (Å²) in [6.07, 6.45) is 0. The van der Waals surface area contributed by atoms with E-state index in [0.717, 1.165) is 48.8 Å². The second-order valence-corrected chi connectivity index (χ2v) is 16.1. The highest BCUT2D eigenvalue weighted by Crippen LogP contribution is 1.88. The summed E-state index contributed by atoms with van der Waals surface area (Å²) in [5, 5.41) is 16.1. The van der Waals surface area contributed by atoms with Crippen molar-refractivity contribution in [1.82, 2.24) is 6.15 Å². The van der Waals surface area contributed by atoms with Crippen molar-refractivity contribution in [2.45, 2.75) is 0 Å². The van der Waals surface area contributed by atoms with E-state index in [9.17, 15) is 42.1 Å². The van der Waals surface area contributed by atoms with Gasteiger partial charge < -0.3 is 43.8 Å². The van der Waals surface area contributed by atoms with E-state index < -0.39 is 75.4 Å². The zero-order valence-electron chi connectivity index (χ0n) is 27.1. The number of aliphatic hydroxyl groups is 2. The second kappa shape index (κ2) is 40.5. The highest BCUT2D eigenvalue weighted by molar-refractivity contribution is 7.87. The molecular weight excluding hydrogens is 789 g/mol. The van der Waals surface area contributed by atoms with Crippen LogP contribution >= 0.6 is 0 Å². The van der Waals surface area contributed by atoms with Crippen LogP contribution in [0.25, 0.3) is 0 Å². The normalized spacial score (nSPS) is 11.5. The molecule has 0 radical (unpaired) electrons. The number of hydrogen-bond acceptors (Lipinski definition) is 24. The van der Waals surface area contributed by atoms with Crippen LogP contribution in [0.4, 0.5) is 0 Å². The molecule has 0 aromatic rings. The lowest BCUT2D eigenvalue weighted by Crippen LogP contribution is -2.16. The Bertz CT molecular complexity index is 1040. The highest BCUT2D eigenvalue weighted by Gasteiger charge is 2.06. The van der Waals surface area contributed by atoms with Gasteiger partial charge in [-0.25, -0.2) is 0 Å². The van der Waals surface area contributed by atoms with E-state index in [1.54, 1.807) is 0 Å². The molecule has 48 heavy (non-hydrogen) atoms. The fraction of sp³-hybridized carbons (Fsp3) is 1.00. The summed E-state index contributed by atoms with van der Waals surface area (Å²) in [5.74, 6) is -0.983. The topological polar surface area (TPSA) is 449 Å². The molecule has 0 aliphatic carbocycles. The zero-order valence-corrected chi connectivity index (χ0v) is 32.0.